The van der Waals surface area contributed by atoms with E-state index in [1.165, 1.54) is 60.2 Å². The van der Waals surface area contributed by atoms with E-state index >= 15 is 0 Å². The van der Waals surface area contributed by atoms with Crippen LogP contribution in [0.2, 0.25) is 0 Å². The maximum absolute atomic E-state index is 5.24. The summed E-state index contributed by atoms with van der Waals surface area (Å²) < 4.78 is 10.5. The molecule has 0 heterocycles. The second kappa shape index (κ2) is 47.2. The lowest BCUT2D eigenvalue weighted by Crippen LogP contribution is -2.15. The molecule has 0 spiro atoms. The van der Waals surface area contributed by atoms with Gasteiger partial charge in [0, 0.05) is 0 Å². The maximum Gasteiger partial charge on any atom is 0.119 e. The molecule has 2 heteroatoms. The molecule has 2 nitrogen and oxygen atoms in total. The van der Waals surface area contributed by atoms with E-state index in [1.54, 1.807) is 89.2 Å². The molecule has 58 heavy (non-hydrogen) atoms. The SMILES string of the molecule is C1CC2C3CCC(C3)C2C1.C1CC2C3CCC(C3)C2C1.C=CCOc1ccccc1.C=CCOc1ccccc1.CC.CC.CC.CC.CC.CC.CCC.CCC. The summed E-state index contributed by atoms with van der Waals surface area (Å²) in [5.74, 6) is 11.4. The summed E-state index contributed by atoms with van der Waals surface area (Å²) in [6.07, 6.45) is 25.0. The molecule has 0 aromatic heterocycles. The average molecular weight is 809 g/mol. The fourth-order valence-corrected chi connectivity index (χ4v) is 9.38. The molecule has 0 aliphatic heterocycles. The molecule has 0 amide bonds. The van der Waals surface area contributed by atoms with Crippen molar-refractivity contribution >= 4 is 0 Å². The third-order valence-electron chi connectivity index (χ3n) is 10.9. The van der Waals surface area contributed by atoms with Crippen LogP contribution < -0.4 is 9.47 Å². The summed E-state index contributed by atoms with van der Waals surface area (Å²) >= 11 is 0. The second-order valence-corrected chi connectivity index (χ2v) is 14.4. The molecule has 8 atom stereocenters. The van der Waals surface area contributed by atoms with Gasteiger partial charge in [-0.3, -0.25) is 0 Å². The Morgan fingerprint density at radius 2 is 0.638 bits per heavy atom. The van der Waals surface area contributed by atoms with Crippen LogP contribution in [0.25, 0.3) is 0 Å². The summed E-state index contributed by atoms with van der Waals surface area (Å²) in [6.45, 7) is 40.7. The zero-order valence-corrected chi connectivity index (χ0v) is 42.1. The quantitative estimate of drug-likeness (QED) is 0.271. The number of fused-ring (bicyclic) bond motifs is 10. The van der Waals surface area contributed by atoms with Gasteiger partial charge in [-0.15, -0.1) is 0 Å². The number of para-hydroxylation sites is 2. The summed E-state index contributed by atoms with van der Waals surface area (Å²) in [7, 11) is 0. The minimum atomic E-state index is 0.573. The highest BCUT2D eigenvalue weighted by Gasteiger charge is 2.49. The zero-order chi connectivity index (χ0) is 45.0. The van der Waals surface area contributed by atoms with Crippen LogP contribution in [0.5, 0.6) is 11.5 Å². The molecule has 6 aliphatic rings. The van der Waals surface area contributed by atoms with Crippen molar-refractivity contribution in [3.8, 4) is 11.5 Å². The molecule has 340 valence electrons. The van der Waals surface area contributed by atoms with Crippen molar-refractivity contribution in [3.05, 3.63) is 86.0 Å². The van der Waals surface area contributed by atoms with Gasteiger partial charge in [-0.25, -0.2) is 0 Å². The Balaban J connectivity index is -0.000000296. The van der Waals surface area contributed by atoms with Gasteiger partial charge < -0.3 is 9.47 Å². The summed E-state index contributed by atoms with van der Waals surface area (Å²) in [6, 6.07) is 19.4. The molecule has 8 rings (SSSR count). The molecule has 0 N–H and O–H groups in total. The lowest BCUT2D eigenvalue weighted by atomic mass is 9.82. The highest BCUT2D eigenvalue weighted by molar-refractivity contribution is 5.21. The first-order valence-electron chi connectivity index (χ1n) is 25.2. The fourth-order valence-electron chi connectivity index (χ4n) is 9.38. The van der Waals surface area contributed by atoms with Gasteiger partial charge in [-0.1, -0.05) is 198 Å². The number of hydrogen-bond acceptors (Lipinski definition) is 2. The van der Waals surface area contributed by atoms with Crippen molar-refractivity contribution in [1.82, 2.24) is 0 Å². The lowest BCUT2D eigenvalue weighted by molar-refractivity contribution is 0.259. The van der Waals surface area contributed by atoms with Gasteiger partial charge >= 0.3 is 0 Å². The van der Waals surface area contributed by atoms with Crippen LogP contribution in [-0.2, 0) is 0 Å². The molecule has 8 unspecified atom stereocenters. The van der Waals surface area contributed by atoms with E-state index in [1.807, 2.05) is 144 Å². The van der Waals surface area contributed by atoms with Gasteiger partial charge in [0.25, 0.3) is 0 Å². The van der Waals surface area contributed by atoms with E-state index in [2.05, 4.69) is 40.9 Å². The maximum atomic E-state index is 5.24. The summed E-state index contributed by atoms with van der Waals surface area (Å²) in [5.41, 5.74) is 0. The molecular weight excluding hydrogens is 705 g/mol. The lowest BCUT2D eigenvalue weighted by Gasteiger charge is -2.23. The highest BCUT2D eigenvalue weighted by Crippen LogP contribution is 2.59. The van der Waals surface area contributed by atoms with Crippen molar-refractivity contribution < 1.29 is 9.47 Å². The van der Waals surface area contributed by atoms with E-state index in [0.29, 0.717) is 13.2 Å². The van der Waals surface area contributed by atoms with Crippen molar-refractivity contribution in [3.63, 3.8) is 0 Å². The Kier molecular flexibility index (Phi) is 50.6. The van der Waals surface area contributed by atoms with E-state index in [4.69, 9.17) is 9.47 Å². The van der Waals surface area contributed by atoms with Crippen molar-refractivity contribution in [2.45, 2.75) is 201 Å². The van der Waals surface area contributed by atoms with Crippen molar-refractivity contribution in [2.24, 2.45) is 47.3 Å². The van der Waals surface area contributed by atoms with Crippen LogP contribution in [0.4, 0.5) is 0 Å². The topological polar surface area (TPSA) is 18.5 Å². The molecular formula is C56H104O2. The first kappa shape index (κ1) is 62.2. The molecule has 2 aromatic rings. The normalized spacial score (nSPS) is 24.1. The summed E-state index contributed by atoms with van der Waals surface area (Å²) in [5, 5.41) is 0. The van der Waals surface area contributed by atoms with Gasteiger partial charge in [-0.2, -0.15) is 0 Å². The Morgan fingerprint density at radius 1 is 0.414 bits per heavy atom. The van der Waals surface area contributed by atoms with Gasteiger partial charge in [0.2, 0.25) is 0 Å². The monoisotopic (exact) mass is 809 g/mol. The van der Waals surface area contributed by atoms with Crippen molar-refractivity contribution in [2.75, 3.05) is 13.2 Å². The van der Waals surface area contributed by atoms with E-state index in [0.717, 1.165) is 11.5 Å². The first-order chi connectivity index (χ1) is 28.6. The minimum absolute atomic E-state index is 0.573. The smallest absolute Gasteiger partial charge is 0.119 e. The van der Waals surface area contributed by atoms with Crippen LogP contribution >= 0.6 is 0 Å². The summed E-state index contributed by atoms with van der Waals surface area (Å²) in [4.78, 5) is 0. The minimum Gasteiger partial charge on any atom is -0.490 e. The van der Waals surface area contributed by atoms with E-state index in [9.17, 15) is 0 Å². The Hall–Kier alpha value is -2.48. The first-order valence-corrected chi connectivity index (χ1v) is 25.2. The van der Waals surface area contributed by atoms with Crippen LogP contribution in [0, 0.1) is 47.3 Å². The van der Waals surface area contributed by atoms with Crippen LogP contribution in [0.1, 0.15) is 201 Å². The largest absolute Gasteiger partial charge is 0.490 e. The van der Waals surface area contributed by atoms with Crippen LogP contribution in [0.3, 0.4) is 0 Å². The molecule has 0 saturated heterocycles. The van der Waals surface area contributed by atoms with Gasteiger partial charge in [0.15, 0.2) is 0 Å². The van der Waals surface area contributed by atoms with Crippen LogP contribution in [0.15, 0.2) is 86.0 Å². The number of ether oxygens (including phenoxy) is 2. The molecule has 6 aliphatic carbocycles. The Morgan fingerprint density at radius 3 is 0.845 bits per heavy atom. The molecule has 6 fully saturated rings. The zero-order valence-electron chi connectivity index (χ0n) is 42.1. The van der Waals surface area contributed by atoms with Gasteiger partial charge in [-0.05, 0) is 136 Å². The highest BCUT2D eigenvalue weighted by atomic mass is 16.5. The second-order valence-electron chi connectivity index (χ2n) is 14.4. The van der Waals surface area contributed by atoms with Crippen LogP contribution in [-0.4, -0.2) is 13.2 Å². The number of hydrogen-bond donors (Lipinski definition) is 0. The fraction of sp³-hybridized carbons (Fsp3) is 0.714. The molecule has 4 bridgehead atoms. The van der Waals surface area contributed by atoms with Gasteiger partial charge in [0.1, 0.15) is 24.7 Å². The molecule has 2 aromatic carbocycles. The third kappa shape index (κ3) is 25.9. The predicted octanol–water partition coefficient (Wildman–Crippen LogP) is 19.2. The molecule has 6 saturated carbocycles. The Bertz CT molecular complexity index is 931. The number of benzene rings is 2. The predicted molar refractivity (Wildman–Crippen MR) is 268 cm³/mol. The third-order valence-corrected chi connectivity index (χ3v) is 10.9. The van der Waals surface area contributed by atoms with E-state index < -0.39 is 0 Å². The van der Waals surface area contributed by atoms with Gasteiger partial charge in [0.05, 0.1) is 0 Å². The number of rotatable bonds is 6. The van der Waals surface area contributed by atoms with Crippen molar-refractivity contribution in [1.29, 1.82) is 0 Å². The molecule has 0 radical (unpaired) electrons. The Labute approximate surface area is 366 Å². The standard InChI is InChI=1S/2C10H16.2C9H10O.2C3H8.6C2H6/c2*1-2-9-7-4-5-8(6-7)10(9)3-1;2*1-2-8-10-9-6-4-3-5-7-9;2*1-3-2;6*1-2/h2*7-10H,1-6H2;2*2-7H,1,8H2;2*3H2,1-2H3;6*1-2H3. The average Bonchev–Trinajstić information content (AvgIpc) is 4.18. The van der Waals surface area contributed by atoms with E-state index in [-0.39, 0.29) is 0 Å².